The number of carbonyl (C=O) groups is 2. The summed E-state index contributed by atoms with van der Waals surface area (Å²) in [6.45, 7) is 10.1. The molecule has 2 aromatic carbocycles. The first-order valence-electron chi connectivity index (χ1n) is 12.9. The first kappa shape index (κ1) is 29.7. The first-order chi connectivity index (χ1) is 18.3. The molecule has 0 spiro atoms. The van der Waals surface area contributed by atoms with Gasteiger partial charge in [0.15, 0.2) is 0 Å². The van der Waals surface area contributed by atoms with Crippen molar-refractivity contribution in [3.8, 4) is 0 Å². The minimum absolute atomic E-state index is 0.220. The van der Waals surface area contributed by atoms with Crippen molar-refractivity contribution >= 4 is 35.1 Å². The van der Waals surface area contributed by atoms with Crippen LogP contribution in [0.15, 0.2) is 90.0 Å². The van der Waals surface area contributed by atoms with E-state index in [9.17, 15) is 9.59 Å². The summed E-state index contributed by atoms with van der Waals surface area (Å²) in [6, 6.07) is 15.5. The van der Waals surface area contributed by atoms with Gasteiger partial charge in [-0.1, -0.05) is 97.7 Å². The van der Waals surface area contributed by atoms with Crippen molar-refractivity contribution in [2.45, 2.75) is 64.3 Å². The molecule has 38 heavy (non-hydrogen) atoms. The number of halogens is 2. The molecule has 0 N–H and O–H groups in total. The Hall–Kier alpha value is -2.86. The van der Waals surface area contributed by atoms with E-state index in [0.717, 1.165) is 11.1 Å². The highest BCUT2D eigenvalue weighted by atomic mass is 35.5. The molecule has 202 valence electrons. The molecule has 1 amide bonds. The van der Waals surface area contributed by atoms with Crippen LogP contribution in [0.2, 0.25) is 5.02 Å². The predicted octanol–water partition coefficient (Wildman–Crippen LogP) is 7.21. The first-order valence-corrected chi connectivity index (χ1v) is 13.7. The Labute approximate surface area is 235 Å². The zero-order valence-corrected chi connectivity index (χ0v) is 23.6. The highest BCUT2D eigenvalue weighted by molar-refractivity contribution is 6.31. The molecule has 1 fully saturated rings. The van der Waals surface area contributed by atoms with Gasteiger partial charge in [0.1, 0.15) is 18.2 Å². The lowest BCUT2D eigenvalue weighted by atomic mass is 9.88. The van der Waals surface area contributed by atoms with Gasteiger partial charge < -0.3 is 14.4 Å². The highest BCUT2D eigenvalue weighted by Gasteiger charge is 2.48. The number of amides is 1. The maximum atomic E-state index is 14.2. The number of allylic oxidation sites excluding steroid dienone is 3. The molecule has 0 unspecified atom stereocenters. The molecule has 0 bridgehead atoms. The highest BCUT2D eigenvalue weighted by Crippen LogP contribution is 2.39. The fourth-order valence-electron chi connectivity index (χ4n) is 4.62. The SMILES string of the molecule is C=C(/C=C\C(Cl)=C/C)[C@@H]1O[C@@H](Cc2ccccc2)C(=O)N([C@H](CCC)C(=O)OCC)[C@@H]1c1ccc(Cl)cc1. The minimum atomic E-state index is -0.818. The number of nitrogens with zero attached hydrogens (tertiary/aromatic N) is 1. The van der Waals surface area contributed by atoms with Crippen LogP contribution >= 0.6 is 23.2 Å². The third-order valence-corrected chi connectivity index (χ3v) is 7.05. The van der Waals surface area contributed by atoms with Gasteiger partial charge >= 0.3 is 5.97 Å². The molecular formula is C31H35Cl2NO4. The quantitative estimate of drug-likeness (QED) is 0.217. The number of ether oxygens (including phenoxy) is 2. The molecule has 1 heterocycles. The van der Waals surface area contributed by atoms with Gasteiger partial charge in [-0.2, -0.15) is 0 Å². The van der Waals surface area contributed by atoms with Crippen molar-refractivity contribution < 1.29 is 19.1 Å². The van der Waals surface area contributed by atoms with Crippen molar-refractivity contribution in [1.29, 1.82) is 0 Å². The smallest absolute Gasteiger partial charge is 0.328 e. The zero-order chi connectivity index (χ0) is 27.7. The molecular weight excluding hydrogens is 521 g/mol. The van der Waals surface area contributed by atoms with E-state index in [-0.39, 0.29) is 12.5 Å². The summed E-state index contributed by atoms with van der Waals surface area (Å²) in [7, 11) is 0. The third kappa shape index (κ3) is 7.37. The Bertz CT molecular complexity index is 1160. The average Bonchev–Trinajstić information content (AvgIpc) is 2.92. The fourth-order valence-corrected chi connectivity index (χ4v) is 4.80. The Morgan fingerprint density at radius 1 is 1.13 bits per heavy atom. The van der Waals surface area contributed by atoms with E-state index in [1.807, 2.05) is 56.3 Å². The van der Waals surface area contributed by atoms with Crippen LogP contribution in [0.1, 0.15) is 50.8 Å². The molecule has 1 aliphatic rings. The maximum Gasteiger partial charge on any atom is 0.328 e. The molecule has 3 rings (SSSR count). The number of morpholine rings is 1. The van der Waals surface area contributed by atoms with Crippen molar-refractivity contribution in [3.05, 3.63) is 106 Å². The van der Waals surface area contributed by atoms with Crippen molar-refractivity contribution in [2.24, 2.45) is 0 Å². The topological polar surface area (TPSA) is 55.8 Å². The van der Waals surface area contributed by atoms with E-state index < -0.39 is 30.3 Å². The Morgan fingerprint density at radius 3 is 2.42 bits per heavy atom. The van der Waals surface area contributed by atoms with Crippen LogP contribution in [0.3, 0.4) is 0 Å². The monoisotopic (exact) mass is 555 g/mol. The molecule has 0 radical (unpaired) electrons. The van der Waals surface area contributed by atoms with E-state index in [4.69, 9.17) is 32.7 Å². The second kappa shape index (κ2) is 14.3. The lowest BCUT2D eigenvalue weighted by Gasteiger charge is -2.47. The van der Waals surface area contributed by atoms with Crippen LogP contribution < -0.4 is 0 Å². The summed E-state index contributed by atoms with van der Waals surface area (Å²) in [4.78, 5) is 29.1. The fraction of sp³-hybridized carbons (Fsp3) is 0.355. The summed E-state index contributed by atoms with van der Waals surface area (Å²) in [5.41, 5.74) is 2.36. The van der Waals surface area contributed by atoms with Crippen LogP contribution in [0.4, 0.5) is 0 Å². The summed E-state index contributed by atoms with van der Waals surface area (Å²) < 4.78 is 12.0. The zero-order valence-electron chi connectivity index (χ0n) is 22.1. The number of hydrogen-bond donors (Lipinski definition) is 0. The molecule has 0 aliphatic carbocycles. The molecule has 1 aliphatic heterocycles. The normalized spacial score (nSPS) is 21.0. The van der Waals surface area contributed by atoms with Gasteiger partial charge in [0.25, 0.3) is 5.91 Å². The van der Waals surface area contributed by atoms with Crippen LogP contribution in [0.25, 0.3) is 0 Å². The average molecular weight is 557 g/mol. The van der Waals surface area contributed by atoms with Crippen LogP contribution in [0.5, 0.6) is 0 Å². The largest absolute Gasteiger partial charge is 0.464 e. The van der Waals surface area contributed by atoms with Gasteiger partial charge in [0, 0.05) is 16.5 Å². The number of esters is 1. The van der Waals surface area contributed by atoms with E-state index in [0.29, 0.717) is 34.9 Å². The lowest BCUT2D eigenvalue weighted by Crippen LogP contribution is -2.60. The Balaban J connectivity index is 2.16. The molecule has 1 saturated heterocycles. The maximum absolute atomic E-state index is 14.2. The van der Waals surface area contributed by atoms with E-state index >= 15 is 0 Å². The molecule has 5 nitrogen and oxygen atoms in total. The molecule has 0 saturated carbocycles. The second-order valence-corrected chi connectivity index (χ2v) is 9.99. The molecule has 7 heteroatoms. The molecule has 2 aromatic rings. The van der Waals surface area contributed by atoms with E-state index in [1.165, 1.54) is 0 Å². The van der Waals surface area contributed by atoms with Crippen molar-refractivity contribution in [2.75, 3.05) is 6.61 Å². The third-order valence-electron chi connectivity index (χ3n) is 6.46. The Morgan fingerprint density at radius 2 is 1.82 bits per heavy atom. The van der Waals surface area contributed by atoms with Gasteiger partial charge in [-0.25, -0.2) is 4.79 Å². The molecule has 0 aromatic heterocycles. The van der Waals surface area contributed by atoms with Gasteiger partial charge in [0.05, 0.1) is 12.6 Å². The van der Waals surface area contributed by atoms with E-state index in [2.05, 4.69) is 6.58 Å². The van der Waals surface area contributed by atoms with Crippen LogP contribution in [-0.2, 0) is 25.5 Å². The van der Waals surface area contributed by atoms with Gasteiger partial charge in [-0.05, 0) is 55.2 Å². The van der Waals surface area contributed by atoms with Crippen LogP contribution in [-0.4, -0.2) is 41.6 Å². The minimum Gasteiger partial charge on any atom is -0.464 e. The lowest BCUT2D eigenvalue weighted by molar-refractivity contribution is -0.181. The summed E-state index contributed by atoms with van der Waals surface area (Å²) in [6.07, 6.45) is 5.34. The number of carbonyl (C=O) groups excluding carboxylic acids is 2. The van der Waals surface area contributed by atoms with Gasteiger partial charge in [-0.3, -0.25) is 4.79 Å². The van der Waals surface area contributed by atoms with Gasteiger partial charge in [-0.15, -0.1) is 0 Å². The number of hydrogen-bond acceptors (Lipinski definition) is 4. The predicted molar refractivity (Wildman–Crippen MR) is 153 cm³/mol. The van der Waals surface area contributed by atoms with Crippen LogP contribution in [0, 0.1) is 0 Å². The number of rotatable bonds is 11. The standard InChI is InChI=1S/C31H35Cl2NO4/c1-5-11-26(31(36)37-7-3)34-28(23-15-18-25(33)19-16-23)29(21(4)14-17-24(32)6-2)38-27(30(34)35)20-22-12-9-8-10-13-22/h6,8-10,12-19,26-29H,4-5,7,11,20H2,1-3H3/b17-14-,24-6+/t26-,27+,28-,29+/m1/s1. The Kier molecular flexibility index (Phi) is 11.2. The summed E-state index contributed by atoms with van der Waals surface area (Å²) in [5, 5.41) is 1.12. The van der Waals surface area contributed by atoms with Gasteiger partial charge in [0.2, 0.25) is 0 Å². The summed E-state index contributed by atoms with van der Waals surface area (Å²) >= 11 is 12.4. The van der Waals surface area contributed by atoms with Crippen molar-refractivity contribution in [3.63, 3.8) is 0 Å². The summed E-state index contributed by atoms with van der Waals surface area (Å²) in [5.74, 6) is -0.696. The second-order valence-electron chi connectivity index (χ2n) is 9.12. The van der Waals surface area contributed by atoms with Crippen molar-refractivity contribution in [1.82, 2.24) is 4.90 Å². The molecule has 4 atom stereocenters. The number of benzene rings is 2. The van der Waals surface area contributed by atoms with E-state index in [1.54, 1.807) is 42.2 Å².